The fourth-order valence-electron chi connectivity index (χ4n) is 2.28. The Hall–Kier alpha value is -2.57. The van der Waals surface area contributed by atoms with Gasteiger partial charge in [-0.1, -0.05) is 0 Å². The Bertz CT molecular complexity index is 663. The highest BCUT2D eigenvalue weighted by Gasteiger charge is 2.22. The maximum absolute atomic E-state index is 12.3. The Morgan fingerprint density at radius 3 is 2.70 bits per heavy atom. The second kappa shape index (κ2) is 7.13. The predicted molar refractivity (Wildman–Crippen MR) is 84.6 cm³/mol. The number of hydrogen-bond donors (Lipinski definition) is 1. The van der Waals surface area contributed by atoms with Crippen LogP contribution < -0.4 is 5.32 Å². The van der Waals surface area contributed by atoms with E-state index in [1.165, 1.54) is 4.90 Å². The van der Waals surface area contributed by atoms with E-state index in [0.717, 1.165) is 5.76 Å². The highest BCUT2D eigenvalue weighted by Crippen LogP contribution is 2.15. The number of carbonyl (C=O) groups is 2. The van der Waals surface area contributed by atoms with Crippen LogP contribution in [0.3, 0.4) is 0 Å². The Labute approximate surface area is 135 Å². The highest BCUT2D eigenvalue weighted by molar-refractivity contribution is 5.86. The van der Waals surface area contributed by atoms with Crippen LogP contribution in [-0.2, 0) is 9.59 Å². The van der Waals surface area contributed by atoms with Crippen LogP contribution in [0, 0.1) is 6.92 Å². The molecular weight excluding hydrogens is 296 g/mol. The minimum absolute atomic E-state index is 0.0194. The lowest BCUT2D eigenvalue weighted by molar-refractivity contribution is -0.137. The van der Waals surface area contributed by atoms with E-state index in [4.69, 9.17) is 4.42 Å². The maximum atomic E-state index is 12.3. The summed E-state index contributed by atoms with van der Waals surface area (Å²) in [6, 6.07) is 4.73. The summed E-state index contributed by atoms with van der Waals surface area (Å²) in [7, 11) is 1.60. The molecule has 2 rings (SSSR count). The minimum Gasteiger partial charge on any atom is -0.464 e. The first-order valence-corrected chi connectivity index (χ1v) is 7.48. The highest BCUT2D eigenvalue weighted by atomic mass is 16.3. The molecule has 2 unspecified atom stereocenters. The average Bonchev–Trinajstić information content (AvgIpc) is 3.16. The predicted octanol–water partition coefficient (Wildman–Crippen LogP) is 1.68. The van der Waals surface area contributed by atoms with Gasteiger partial charge in [0, 0.05) is 19.4 Å². The monoisotopic (exact) mass is 318 g/mol. The fraction of sp³-hybridized carbons (Fsp3) is 0.438. The summed E-state index contributed by atoms with van der Waals surface area (Å²) in [5.41, 5.74) is 0. The molecule has 2 aromatic heterocycles. The smallest absolute Gasteiger partial charge is 0.247 e. The summed E-state index contributed by atoms with van der Waals surface area (Å²) in [5.74, 6) is 1.07. The van der Waals surface area contributed by atoms with Gasteiger partial charge in [0.1, 0.15) is 17.6 Å². The van der Waals surface area contributed by atoms with Crippen molar-refractivity contribution < 1.29 is 14.0 Å². The van der Waals surface area contributed by atoms with E-state index in [1.54, 1.807) is 37.1 Å². The summed E-state index contributed by atoms with van der Waals surface area (Å²) < 4.78 is 7.04. The Morgan fingerprint density at radius 1 is 1.39 bits per heavy atom. The molecule has 0 saturated carbocycles. The van der Waals surface area contributed by atoms with E-state index in [2.05, 4.69) is 10.4 Å². The van der Waals surface area contributed by atoms with Crippen LogP contribution in [0.15, 0.2) is 35.0 Å². The number of nitrogens with one attached hydrogen (secondary N) is 1. The summed E-state index contributed by atoms with van der Waals surface area (Å²) in [4.78, 5) is 25.8. The topological polar surface area (TPSA) is 80.4 Å². The molecule has 0 spiro atoms. The maximum Gasteiger partial charge on any atom is 0.247 e. The van der Waals surface area contributed by atoms with Crippen LogP contribution in [0.5, 0.6) is 0 Å². The zero-order valence-corrected chi connectivity index (χ0v) is 13.8. The van der Waals surface area contributed by atoms with Gasteiger partial charge in [-0.15, -0.1) is 0 Å². The van der Waals surface area contributed by atoms with Crippen LogP contribution in [-0.4, -0.2) is 40.1 Å². The average molecular weight is 318 g/mol. The van der Waals surface area contributed by atoms with Crippen LogP contribution >= 0.6 is 0 Å². The SMILES string of the molecule is Cc1ccc(C(C)NC(=O)CN(C)C(=O)C(C)n2cccn2)o1. The molecule has 23 heavy (non-hydrogen) atoms. The second-order valence-corrected chi connectivity index (χ2v) is 5.59. The molecule has 0 bridgehead atoms. The summed E-state index contributed by atoms with van der Waals surface area (Å²) in [6.07, 6.45) is 3.33. The van der Waals surface area contributed by atoms with Crippen molar-refractivity contribution >= 4 is 11.8 Å². The molecule has 7 nitrogen and oxygen atoms in total. The zero-order valence-electron chi connectivity index (χ0n) is 13.8. The van der Waals surface area contributed by atoms with Crippen LogP contribution in [0.25, 0.3) is 0 Å². The third kappa shape index (κ3) is 4.21. The van der Waals surface area contributed by atoms with Crippen molar-refractivity contribution in [2.45, 2.75) is 32.9 Å². The molecule has 0 aliphatic carbocycles. The summed E-state index contributed by atoms with van der Waals surface area (Å²) in [5, 5.41) is 6.87. The molecule has 2 heterocycles. The van der Waals surface area contributed by atoms with Crippen molar-refractivity contribution in [2.75, 3.05) is 13.6 Å². The first kappa shape index (κ1) is 16.8. The van der Waals surface area contributed by atoms with Gasteiger partial charge in [-0.25, -0.2) is 0 Å². The molecule has 2 amide bonds. The molecule has 0 aromatic carbocycles. The lowest BCUT2D eigenvalue weighted by Gasteiger charge is -2.22. The van der Waals surface area contributed by atoms with E-state index in [-0.39, 0.29) is 24.4 Å². The van der Waals surface area contributed by atoms with Crippen molar-refractivity contribution in [3.8, 4) is 0 Å². The number of rotatable bonds is 6. The number of nitrogens with zero attached hydrogens (tertiary/aromatic N) is 3. The Kier molecular flexibility index (Phi) is 5.20. The van der Waals surface area contributed by atoms with Crippen molar-refractivity contribution in [3.63, 3.8) is 0 Å². The molecular formula is C16H22N4O3. The Balaban J connectivity index is 1.88. The van der Waals surface area contributed by atoms with Crippen LogP contribution in [0.2, 0.25) is 0 Å². The summed E-state index contributed by atoms with van der Waals surface area (Å²) in [6.45, 7) is 5.41. The largest absolute Gasteiger partial charge is 0.464 e. The zero-order chi connectivity index (χ0) is 17.0. The quantitative estimate of drug-likeness (QED) is 0.879. The minimum atomic E-state index is -0.451. The number of aromatic nitrogens is 2. The molecule has 124 valence electrons. The number of aryl methyl sites for hydroxylation is 1. The number of hydrogen-bond acceptors (Lipinski definition) is 4. The van der Waals surface area contributed by atoms with Gasteiger partial charge in [0.15, 0.2) is 0 Å². The molecule has 7 heteroatoms. The third-order valence-electron chi connectivity index (χ3n) is 3.60. The van der Waals surface area contributed by atoms with Gasteiger partial charge in [0.25, 0.3) is 0 Å². The van der Waals surface area contributed by atoms with Crippen molar-refractivity contribution in [1.82, 2.24) is 20.0 Å². The van der Waals surface area contributed by atoms with Gasteiger partial charge in [-0.3, -0.25) is 14.3 Å². The van der Waals surface area contributed by atoms with E-state index in [1.807, 2.05) is 26.0 Å². The van der Waals surface area contributed by atoms with Crippen molar-refractivity contribution in [3.05, 3.63) is 42.1 Å². The van der Waals surface area contributed by atoms with Crippen molar-refractivity contribution in [1.29, 1.82) is 0 Å². The molecule has 0 saturated heterocycles. The first-order chi connectivity index (χ1) is 10.9. The summed E-state index contributed by atoms with van der Waals surface area (Å²) >= 11 is 0. The van der Waals surface area contributed by atoms with Crippen molar-refractivity contribution in [2.24, 2.45) is 0 Å². The van der Waals surface area contributed by atoms with Crippen LogP contribution in [0.4, 0.5) is 0 Å². The third-order valence-corrected chi connectivity index (χ3v) is 3.60. The van der Waals surface area contributed by atoms with E-state index in [0.29, 0.717) is 5.76 Å². The van der Waals surface area contributed by atoms with Gasteiger partial charge in [0.05, 0.1) is 12.6 Å². The Morgan fingerprint density at radius 2 is 2.13 bits per heavy atom. The molecule has 0 fully saturated rings. The fourth-order valence-corrected chi connectivity index (χ4v) is 2.28. The number of carbonyl (C=O) groups excluding carboxylic acids is 2. The molecule has 2 atom stereocenters. The molecule has 2 aromatic rings. The van der Waals surface area contributed by atoms with E-state index < -0.39 is 6.04 Å². The lowest BCUT2D eigenvalue weighted by Crippen LogP contribution is -2.41. The van der Waals surface area contributed by atoms with Gasteiger partial charge in [0.2, 0.25) is 11.8 Å². The number of likely N-dealkylation sites (N-methyl/N-ethyl adjacent to an activating group) is 1. The van der Waals surface area contributed by atoms with E-state index in [9.17, 15) is 9.59 Å². The lowest BCUT2D eigenvalue weighted by atomic mass is 10.2. The van der Waals surface area contributed by atoms with Gasteiger partial charge < -0.3 is 14.6 Å². The molecule has 1 N–H and O–H groups in total. The normalized spacial score (nSPS) is 13.4. The standard InChI is InChI=1S/C16H22N4O3/c1-11-6-7-14(23-11)12(2)18-15(21)10-19(4)16(22)13(3)20-9-5-8-17-20/h5-9,12-13H,10H2,1-4H3,(H,18,21). The first-order valence-electron chi connectivity index (χ1n) is 7.48. The number of amides is 2. The van der Waals surface area contributed by atoms with Gasteiger partial charge >= 0.3 is 0 Å². The van der Waals surface area contributed by atoms with Gasteiger partial charge in [-0.2, -0.15) is 5.10 Å². The van der Waals surface area contributed by atoms with Gasteiger partial charge in [-0.05, 0) is 39.0 Å². The van der Waals surface area contributed by atoms with E-state index >= 15 is 0 Å². The van der Waals surface area contributed by atoms with Crippen LogP contribution in [0.1, 0.15) is 37.5 Å². The molecule has 0 aliphatic heterocycles. The number of furan rings is 1. The second-order valence-electron chi connectivity index (χ2n) is 5.59. The molecule has 0 radical (unpaired) electrons. The molecule has 0 aliphatic rings.